The summed E-state index contributed by atoms with van der Waals surface area (Å²) in [6.45, 7) is 0. The lowest BCUT2D eigenvalue weighted by Crippen LogP contribution is -2.52. The number of hydrogen-bond donors (Lipinski definition) is 2. The Hall–Kier alpha value is -2.53. The molecule has 0 radical (unpaired) electrons. The maximum absolute atomic E-state index is 13.4. The van der Waals surface area contributed by atoms with Crippen LogP contribution >= 0.6 is 0 Å². The van der Waals surface area contributed by atoms with Crippen LogP contribution in [0.5, 0.6) is 0 Å². The molecule has 2 aromatic rings. The molecule has 0 fully saturated rings. The van der Waals surface area contributed by atoms with E-state index in [-0.39, 0.29) is 6.42 Å². The normalized spacial score (nSPS) is 21.2. The van der Waals surface area contributed by atoms with Crippen LogP contribution in [0.2, 0.25) is 0 Å². The van der Waals surface area contributed by atoms with Crippen molar-refractivity contribution in [1.82, 2.24) is 0 Å². The number of alkyl halides is 3. The molecule has 1 atom stereocenters. The van der Waals surface area contributed by atoms with Crippen molar-refractivity contribution in [2.45, 2.75) is 18.1 Å². The molecule has 2 nitrogen and oxygen atoms in total. The molecule has 4 N–H and O–H groups in total. The fourth-order valence-electron chi connectivity index (χ4n) is 2.80. The van der Waals surface area contributed by atoms with Crippen molar-refractivity contribution < 1.29 is 13.2 Å². The summed E-state index contributed by atoms with van der Waals surface area (Å²) in [6.07, 6.45) is -2.32. The van der Waals surface area contributed by atoms with Crippen LogP contribution in [0.1, 0.15) is 17.5 Å². The molecule has 124 valence electrons. The summed E-state index contributed by atoms with van der Waals surface area (Å²) in [4.78, 5) is 0. The average Bonchev–Trinajstić information content (AvgIpc) is 2.56. The van der Waals surface area contributed by atoms with Gasteiger partial charge in [0.05, 0.1) is 0 Å². The van der Waals surface area contributed by atoms with E-state index in [0.717, 1.165) is 22.8 Å². The number of halogens is 3. The minimum absolute atomic E-state index is 0.309. The van der Waals surface area contributed by atoms with Crippen LogP contribution in [0.3, 0.4) is 0 Å². The van der Waals surface area contributed by atoms with E-state index in [2.05, 4.69) is 0 Å². The highest BCUT2D eigenvalue weighted by atomic mass is 19.4. The molecule has 0 aromatic heterocycles. The highest BCUT2D eigenvalue weighted by Crippen LogP contribution is 2.43. The summed E-state index contributed by atoms with van der Waals surface area (Å²) >= 11 is 0. The van der Waals surface area contributed by atoms with Gasteiger partial charge in [0.2, 0.25) is 0 Å². The van der Waals surface area contributed by atoms with Crippen molar-refractivity contribution in [2.75, 3.05) is 5.73 Å². The van der Waals surface area contributed by atoms with Crippen LogP contribution in [0.15, 0.2) is 66.7 Å². The molecule has 0 heterocycles. The van der Waals surface area contributed by atoms with Gasteiger partial charge in [0, 0.05) is 12.1 Å². The number of nitrogen functional groups attached to an aromatic ring is 1. The van der Waals surface area contributed by atoms with Crippen molar-refractivity contribution in [3.8, 4) is 0 Å². The van der Waals surface area contributed by atoms with Gasteiger partial charge in [-0.3, -0.25) is 0 Å². The molecule has 5 heteroatoms. The highest BCUT2D eigenvalue weighted by Gasteiger charge is 2.51. The quantitative estimate of drug-likeness (QED) is 0.802. The van der Waals surface area contributed by atoms with Crippen molar-refractivity contribution in [3.05, 3.63) is 77.9 Å². The van der Waals surface area contributed by atoms with Gasteiger partial charge in [0.1, 0.15) is 5.54 Å². The van der Waals surface area contributed by atoms with E-state index in [1.807, 2.05) is 6.07 Å². The van der Waals surface area contributed by atoms with Crippen LogP contribution < -0.4 is 11.5 Å². The van der Waals surface area contributed by atoms with Gasteiger partial charge in [0.15, 0.2) is 0 Å². The third-order valence-corrected chi connectivity index (χ3v) is 4.21. The summed E-state index contributed by atoms with van der Waals surface area (Å²) in [6, 6.07) is 16.1. The lowest BCUT2D eigenvalue weighted by molar-refractivity contribution is -0.170. The molecule has 0 saturated carbocycles. The molecule has 0 spiro atoms. The summed E-state index contributed by atoms with van der Waals surface area (Å²) in [7, 11) is 0. The Balaban J connectivity index is 2.15. The number of hydrogen-bond acceptors (Lipinski definition) is 2. The van der Waals surface area contributed by atoms with Gasteiger partial charge >= 0.3 is 6.18 Å². The second kappa shape index (κ2) is 5.83. The maximum atomic E-state index is 13.4. The Morgan fingerprint density at radius 3 is 2.08 bits per heavy atom. The van der Waals surface area contributed by atoms with Gasteiger partial charge < -0.3 is 11.5 Å². The zero-order valence-corrected chi connectivity index (χ0v) is 12.8. The Morgan fingerprint density at radius 1 is 0.875 bits per heavy atom. The Bertz CT molecular complexity index is 790. The Labute approximate surface area is 138 Å². The molecule has 0 bridgehead atoms. The van der Waals surface area contributed by atoms with Gasteiger partial charge in [-0.2, -0.15) is 13.2 Å². The third-order valence-electron chi connectivity index (χ3n) is 4.21. The summed E-state index contributed by atoms with van der Waals surface area (Å²) in [5.41, 5.74) is 12.4. The number of rotatable bonds is 2. The van der Waals surface area contributed by atoms with E-state index in [1.165, 1.54) is 6.08 Å². The molecule has 3 rings (SSSR count). The summed E-state index contributed by atoms with van der Waals surface area (Å²) in [5.74, 6) is 0. The first-order chi connectivity index (χ1) is 11.3. The SMILES string of the molecule is Nc1ccc(C2=C(c3ccccc3)CC(N)(C(F)(F)F)C=C2)cc1. The van der Waals surface area contributed by atoms with Crippen LogP contribution in [0.25, 0.3) is 11.1 Å². The second-order valence-electron chi connectivity index (χ2n) is 5.93. The average molecular weight is 330 g/mol. The van der Waals surface area contributed by atoms with E-state index in [4.69, 9.17) is 11.5 Å². The first-order valence-electron chi connectivity index (χ1n) is 7.49. The lowest BCUT2D eigenvalue weighted by Gasteiger charge is -2.34. The Kier molecular flexibility index (Phi) is 3.97. The maximum Gasteiger partial charge on any atom is 0.410 e. The van der Waals surface area contributed by atoms with Crippen LogP contribution in [0, 0.1) is 0 Å². The molecule has 0 aliphatic heterocycles. The van der Waals surface area contributed by atoms with E-state index in [0.29, 0.717) is 11.3 Å². The van der Waals surface area contributed by atoms with Crippen molar-refractivity contribution in [2.24, 2.45) is 5.73 Å². The smallest absolute Gasteiger partial charge is 0.399 e. The van der Waals surface area contributed by atoms with Crippen molar-refractivity contribution in [3.63, 3.8) is 0 Å². The molecule has 2 aromatic carbocycles. The topological polar surface area (TPSA) is 52.0 Å². The first-order valence-corrected chi connectivity index (χ1v) is 7.49. The van der Waals surface area contributed by atoms with E-state index >= 15 is 0 Å². The fraction of sp³-hybridized carbons (Fsp3) is 0.158. The minimum atomic E-state index is -4.52. The van der Waals surface area contributed by atoms with Gasteiger partial charge in [-0.1, -0.05) is 54.6 Å². The van der Waals surface area contributed by atoms with Gasteiger partial charge in [-0.15, -0.1) is 0 Å². The number of allylic oxidation sites excluding steroid dienone is 2. The van der Waals surface area contributed by atoms with Crippen molar-refractivity contribution in [1.29, 1.82) is 0 Å². The molecule has 0 saturated heterocycles. The van der Waals surface area contributed by atoms with Crippen molar-refractivity contribution >= 4 is 16.8 Å². The monoisotopic (exact) mass is 330 g/mol. The zero-order valence-electron chi connectivity index (χ0n) is 12.8. The predicted octanol–water partition coefficient (Wildman–Crippen LogP) is 4.40. The lowest BCUT2D eigenvalue weighted by atomic mass is 9.79. The molecule has 24 heavy (non-hydrogen) atoms. The molecule has 1 aliphatic carbocycles. The summed E-state index contributed by atoms with van der Waals surface area (Å²) < 4.78 is 40.1. The summed E-state index contributed by atoms with van der Waals surface area (Å²) in [5, 5.41) is 0. The molecular weight excluding hydrogens is 313 g/mol. The minimum Gasteiger partial charge on any atom is -0.399 e. The van der Waals surface area contributed by atoms with Gasteiger partial charge in [-0.05, 0) is 34.4 Å². The fourth-order valence-corrected chi connectivity index (χ4v) is 2.80. The first kappa shape index (κ1) is 16.3. The van der Waals surface area contributed by atoms with E-state index < -0.39 is 11.7 Å². The zero-order chi connectivity index (χ0) is 17.4. The largest absolute Gasteiger partial charge is 0.410 e. The van der Waals surface area contributed by atoms with Gasteiger partial charge in [-0.25, -0.2) is 0 Å². The molecular formula is C19H17F3N2. The Morgan fingerprint density at radius 2 is 1.50 bits per heavy atom. The van der Waals surface area contributed by atoms with Crippen LogP contribution in [-0.4, -0.2) is 11.7 Å². The van der Waals surface area contributed by atoms with Gasteiger partial charge in [0.25, 0.3) is 0 Å². The number of benzene rings is 2. The van der Waals surface area contributed by atoms with Crippen LogP contribution in [0.4, 0.5) is 18.9 Å². The molecule has 1 aliphatic rings. The number of anilines is 1. The predicted molar refractivity (Wildman–Crippen MR) is 90.8 cm³/mol. The van der Waals surface area contributed by atoms with Crippen LogP contribution in [-0.2, 0) is 0 Å². The molecule has 1 unspecified atom stereocenters. The third kappa shape index (κ3) is 2.95. The highest BCUT2D eigenvalue weighted by molar-refractivity contribution is 5.97. The standard InChI is InChI=1S/C19H17F3N2/c20-19(21,22)18(24)11-10-16(14-6-8-15(23)9-7-14)17(12-18)13-4-2-1-3-5-13/h1-11H,12,23-24H2. The van der Waals surface area contributed by atoms with E-state index in [1.54, 1.807) is 48.5 Å². The molecule has 0 amide bonds. The second-order valence-corrected chi connectivity index (χ2v) is 5.93. The number of nitrogens with two attached hydrogens (primary N) is 2. The van der Waals surface area contributed by atoms with E-state index in [9.17, 15) is 13.2 Å².